The Labute approximate surface area is 203 Å². The van der Waals surface area contributed by atoms with E-state index in [0.717, 1.165) is 0 Å². The molecule has 0 unspecified atom stereocenters. The number of ketones is 1. The number of esters is 1. The molecule has 9 heteroatoms. The fourth-order valence-corrected chi connectivity index (χ4v) is 4.00. The maximum Gasteiger partial charge on any atom is 0.337 e. The summed E-state index contributed by atoms with van der Waals surface area (Å²) in [7, 11) is 5.01. The zero-order chi connectivity index (χ0) is 25.0. The van der Waals surface area contributed by atoms with Crippen LogP contribution in [0.25, 0.3) is 5.76 Å². The van der Waals surface area contributed by atoms with Crippen molar-refractivity contribution in [1.82, 2.24) is 9.80 Å². The van der Waals surface area contributed by atoms with Crippen molar-refractivity contribution in [3.05, 3.63) is 69.8 Å². The van der Waals surface area contributed by atoms with Crippen LogP contribution in [0.4, 0.5) is 0 Å². The minimum atomic E-state index is -0.836. The summed E-state index contributed by atoms with van der Waals surface area (Å²) < 4.78 is 10.2. The van der Waals surface area contributed by atoms with E-state index in [1.165, 1.54) is 18.1 Å². The second kappa shape index (κ2) is 10.7. The van der Waals surface area contributed by atoms with Gasteiger partial charge in [0.15, 0.2) is 0 Å². The van der Waals surface area contributed by atoms with Crippen molar-refractivity contribution in [2.75, 3.05) is 40.9 Å². The van der Waals surface area contributed by atoms with Crippen LogP contribution >= 0.6 is 11.6 Å². The molecule has 1 amide bonds. The topological polar surface area (TPSA) is 96.4 Å². The van der Waals surface area contributed by atoms with Gasteiger partial charge in [0, 0.05) is 18.7 Å². The van der Waals surface area contributed by atoms with Crippen molar-refractivity contribution in [2.45, 2.75) is 13.0 Å². The van der Waals surface area contributed by atoms with Crippen LogP contribution in [0.3, 0.4) is 0 Å². The average Bonchev–Trinajstić information content (AvgIpc) is 3.08. The SMILES string of the molecule is CCOc1ccc(/C(O)=C2\C(=O)C(=O)N(CCN(C)C)[C@@H]2c2ccc(C(=O)OC)cc2)cc1Cl. The highest BCUT2D eigenvalue weighted by molar-refractivity contribution is 6.46. The van der Waals surface area contributed by atoms with E-state index in [9.17, 15) is 19.5 Å². The summed E-state index contributed by atoms with van der Waals surface area (Å²) in [6.07, 6.45) is 0. The van der Waals surface area contributed by atoms with E-state index < -0.39 is 23.7 Å². The molecular weight excluding hydrogens is 460 g/mol. The van der Waals surface area contributed by atoms with E-state index in [0.29, 0.717) is 30.0 Å². The average molecular weight is 487 g/mol. The molecule has 3 rings (SSSR count). The smallest absolute Gasteiger partial charge is 0.337 e. The van der Waals surface area contributed by atoms with Gasteiger partial charge < -0.3 is 24.4 Å². The van der Waals surface area contributed by atoms with Gasteiger partial charge in [0.25, 0.3) is 11.7 Å². The Morgan fingerprint density at radius 3 is 2.32 bits per heavy atom. The van der Waals surface area contributed by atoms with Crippen LogP contribution in [-0.4, -0.2) is 73.5 Å². The number of hydrogen-bond donors (Lipinski definition) is 1. The molecule has 2 aromatic rings. The molecule has 180 valence electrons. The number of methoxy groups -OCH3 is 1. The van der Waals surface area contributed by atoms with Gasteiger partial charge in [-0.1, -0.05) is 23.7 Å². The summed E-state index contributed by atoms with van der Waals surface area (Å²) in [6, 6.07) is 10.2. The lowest BCUT2D eigenvalue weighted by Crippen LogP contribution is -2.35. The van der Waals surface area contributed by atoms with Gasteiger partial charge >= 0.3 is 5.97 Å². The number of amides is 1. The fourth-order valence-electron chi connectivity index (χ4n) is 3.76. The number of nitrogens with zero attached hydrogens (tertiary/aromatic N) is 2. The number of aliphatic hydroxyl groups excluding tert-OH is 1. The Bertz CT molecular complexity index is 1130. The second-order valence-corrected chi connectivity index (χ2v) is 8.39. The van der Waals surface area contributed by atoms with Gasteiger partial charge in [-0.2, -0.15) is 0 Å². The van der Waals surface area contributed by atoms with Gasteiger partial charge in [-0.25, -0.2) is 4.79 Å². The lowest BCUT2D eigenvalue weighted by Gasteiger charge is -2.26. The number of rotatable bonds is 8. The first kappa shape index (κ1) is 25.3. The second-order valence-electron chi connectivity index (χ2n) is 7.99. The van der Waals surface area contributed by atoms with Crippen LogP contribution in [0.1, 0.15) is 34.5 Å². The number of likely N-dealkylation sites (N-methyl/N-ethyl adjacent to an activating group) is 1. The number of halogens is 1. The highest BCUT2D eigenvalue weighted by Crippen LogP contribution is 2.40. The Hall–Kier alpha value is -3.36. The Balaban J connectivity index is 2.12. The Morgan fingerprint density at radius 2 is 1.76 bits per heavy atom. The van der Waals surface area contributed by atoms with Crippen LogP contribution in [0.15, 0.2) is 48.0 Å². The van der Waals surface area contributed by atoms with Gasteiger partial charge in [-0.3, -0.25) is 9.59 Å². The molecule has 0 aliphatic carbocycles. The van der Waals surface area contributed by atoms with Crippen molar-refractivity contribution < 1.29 is 29.0 Å². The third kappa shape index (κ3) is 5.08. The van der Waals surface area contributed by atoms with E-state index >= 15 is 0 Å². The van der Waals surface area contributed by atoms with E-state index in [4.69, 9.17) is 21.1 Å². The number of carbonyl (C=O) groups is 3. The maximum absolute atomic E-state index is 13.1. The van der Waals surface area contributed by atoms with Crippen molar-refractivity contribution in [2.24, 2.45) is 0 Å². The molecule has 1 saturated heterocycles. The van der Waals surface area contributed by atoms with Gasteiger partial charge in [-0.05, 0) is 56.9 Å². The van der Waals surface area contributed by atoms with Crippen molar-refractivity contribution in [3.8, 4) is 5.75 Å². The molecule has 2 aromatic carbocycles. The summed E-state index contributed by atoms with van der Waals surface area (Å²) in [4.78, 5) is 41.2. The van der Waals surface area contributed by atoms with Crippen molar-refractivity contribution >= 4 is 35.0 Å². The van der Waals surface area contributed by atoms with Gasteiger partial charge in [0.05, 0.1) is 35.9 Å². The molecule has 1 heterocycles. The third-order valence-corrected chi connectivity index (χ3v) is 5.78. The predicted molar refractivity (Wildman–Crippen MR) is 128 cm³/mol. The summed E-state index contributed by atoms with van der Waals surface area (Å²) >= 11 is 6.28. The molecule has 34 heavy (non-hydrogen) atoms. The van der Waals surface area contributed by atoms with E-state index in [1.54, 1.807) is 36.4 Å². The first-order valence-corrected chi connectivity index (χ1v) is 11.1. The van der Waals surface area contributed by atoms with E-state index in [-0.39, 0.29) is 28.5 Å². The minimum Gasteiger partial charge on any atom is -0.507 e. The van der Waals surface area contributed by atoms with Crippen LogP contribution in [0.5, 0.6) is 5.75 Å². The number of ether oxygens (including phenoxy) is 2. The van der Waals surface area contributed by atoms with Gasteiger partial charge in [0.1, 0.15) is 11.5 Å². The predicted octanol–water partition coefficient (Wildman–Crippen LogP) is 3.51. The number of hydrogen-bond acceptors (Lipinski definition) is 7. The molecule has 1 aliphatic heterocycles. The summed E-state index contributed by atoms with van der Waals surface area (Å²) in [5.41, 5.74) is 1.14. The van der Waals surface area contributed by atoms with Crippen LogP contribution in [-0.2, 0) is 14.3 Å². The molecule has 1 atom stereocenters. The minimum absolute atomic E-state index is 0.0465. The lowest BCUT2D eigenvalue weighted by atomic mass is 9.94. The number of aliphatic hydroxyl groups is 1. The zero-order valence-corrected chi connectivity index (χ0v) is 20.3. The molecule has 1 fully saturated rings. The molecule has 8 nitrogen and oxygen atoms in total. The monoisotopic (exact) mass is 486 g/mol. The molecule has 1 aliphatic rings. The summed E-state index contributed by atoms with van der Waals surface area (Å²) in [5, 5.41) is 11.4. The Morgan fingerprint density at radius 1 is 1.12 bits per heavy atom. The normalized spacial score (nSPS) is 17.4. The molecule has 0 bridgehead atoms. The molecule has 1 N–H and O–H groups in total. The third-order valence-electron chi connectivity index (χ3n) is 5.48. The Kier molecular flexibility index (Phi) is 7.96. The molecule has 0 spiro atoms. The molecule has 0 saturated carbocycles. The largest absolute Gasteiger partial charge is 0.507 e. The van der Waals surface area contributed by atoms with Crippen molar-refractivity contribution in [1.29, 1.82) is 0 Å². The zero-order valence-electron chi connectivity index (χ0n) is 19.5. The number of benzene rings is 2. The van der Waals surface area contributed by atoms with Gasteiger partial charge in [0.2, 0.25) is 0 Å². The van der Waals surface area contributed by atoms with Crippen LogP contribution in [0, 0.1) is 0 Å². The maximum atomic E-state index is 13.1. The summed E-state index contributed by atoms with van der Waals surface area (Å²) in [5.74, 6) is -1.89. The number of carbonyl (C=O) groups excluding carboxylic acids is 3. The molecular formula is C25H27ClN2O6. The molecule has 0 aromatic heterocycles. The first-order valence-electron chi connectivity index (χ1n) is 10.7. The quantitative estimate of drug-likeness (QED) is 0.264. The first-order chi connectivity index (χ1) is 16.2. The number of likely N-dealkylation sites (tertiary alicyclic amines) is 1. The lowest BCUT2D eigenvalue weighted by molar-refractivity contribution is -0.140. The van der Waals surface area contributed by atoms with Gasteiger partial charge in [-0.15, -0.1) is 0 Å². The standard InChI is InChI=1S/C25H27ClN2O6/c1-5-34-19-11-10-17(14-18(19)26)22(29)20-21(15-6-8-16(9-7-15)25(32)33-4)28(13-12-27(2)3)24(31)23(20)30/h6-11,14,21,29H,5,12-13H2,1-4H3/b22-20+/t21-/m1/s1. The molecule has 0 radical (unpaired) electrons. The van der Waals surface area contributed by atoms with E-state index in [1.807, 2.05) is 25.9 Å². The van der Waals surface area contributed by atoms with Crippen LogP contribution < -0.4 is 4.74 Å². The number of Topliss-reactive ketones (excluding diaryl/α,β-unsaturated/α-hetero) is 1. The van der Waals surface area contributed by atoms with E-state index in [2.05, 4.69) is 0 Å². The fraction of sp³-hybridized carbons (Fsp3) is 0.320. The van der Waals surface area contributed by atoms with Crippen molar-refractivity contribution in [3.63, 3.8) is 0 Å². The highest BCUT2D eigenvalue weighted by atomic mass is 35.5. The summed E-state index contributed by atoms with van der Waals surface area (Å²) in [6.45, 7) is 3.02. The highest BCUT2D eigenvalue weighted by Gasteiger charge is 2.46. The van der Waals surface area contributed by atoms with Crippen LogP contribution in [0.2, 0.25) is 5.02 Å².